The minimum atomic E-state index is -0.264. The van der Waals surface area contributed by atoms with Crippen LogP contribution in [-0.4, -0.2) is 18.2 Å². The Bertz CT molecular complexity index is 325. The summed E-state index contributed by atoms with van der Waals surface area (Å²) in [6, 6.07) is 6.72. The fourth-order valence-corrected chi connectivity index (χ4v) is 0.960. The number of benzene rings is 1. The first-order valence-corrected chi connectivity index (χ1v) is 4.25. The molecule has 1 N–H and O–H groups in total. The van der Waals surface area contributed by atoms with Crippen LogP contribution in [0, 0.1) is 0 Å². The number of aromatic hydroxyl groups is 1. The van der Waals surface area contributed by atoms with Gasteiger partial charge in [0.1, 0.15) is 5.75 Å². The number of ether oxygens (including phenoxy) is 1. The second-order valence-electron chi connectivity index (χ2n) is 2.77. The van der Waals surface area contributed by atoms with Crippen molar-refractivity contribution in [3.8, 4) is 5.75 Å². The third kappa shape index (κ3) is 3.31. The van der Waals surface area contributed by atoms with Crippen molar-refractivity contribution in [1.29, 1.82) is 0 Å². The van der Waals surface area contributed by atoms with E-state index in [0.29, 0.717) is 0 Å². The van der Waals surface area contributed by atoms with Crippen LogP contribution in [0.5, 0.6) is 5.75 Å². The van der Waals surface area contributed by atoms with Gasteiger partial charge in [-0.1, -0.05) is 24.3 Å². The number of carbonyl (C=O) groups excluding carboxylic acids is 1. The van der Waals surface area contributed by atoms with Gasteiger partial charge in [0.05, 0.1) is 13.5 Å². The summed E-state index contributed by atoms with van der Waals surface area (Å²) in [6.07, 6.45) is 3.78. The Hall–Kier alpha value is -1.77. The van der Waals surface area contributed by atoms with Crippen LogP contribution in [-0.2, 0) is 9.53 Å². The Kier molecular flexibility index (Phi) is 3.73. The molecule has 0 aromatic heterocycles. The molecule has 0 aliphatic heterocycles. The minimum absolute atomic E-state index is 0.232. The zero-order valence-electron chi connectivity index (χ0n) is 7.93. The molecule has 0 fully saturated rings. The highest BCUT2D eigenvalue weighted by molar-refractivity contribution is 5.72. The van der Waals surface area contributed by atoms with Gasteiger partial charge in [-0.05, 0) is 17.7 Å². The number of rotatable bonds is 3. The predicted octanol–water partition coefficient (Wildman–Crippen LogP) is 1.97. The summed E-state index contributed by atoms with van der Waals surface area (Å²) in [5.41, 5.74) is 0.937. The first-order chi connectivity index (χ1) is 6.72. The average Bonchev–Trinajstić information content (AvgIpc) is 2.21. The van der Waals surface area contributed by atoms with Crippen LogP contribution < -0.4 is 0 Å². The Balaban J connectivity index is 2.52. The number of hydrogen-bond acceptors (Lipinski definition) is 3. The summed E-state index contributed by atoms with van der Waals surface area (Å²) in [7, 11) is 1.36. The van der Waals surface area contributed by atoms with Gasteiger partial charge in [0, 0.05) is 0 Å². The molecule has 0 radical (unpaired) electrons. The van der Waals surface area contributed by atoms with Gasteiger partial charge in [-0.15, -0.1) is 0 Å². The van der Waals surface area contributed by atoms with Crippen molar-refractivity contribution in [2.45, 2.75) is 6.42 Å². The molecule has 0 saturated heterocycles. The molecule has 14 heavy (non-hydrogen) atoms. The Morgan fingerprint density at radius 2 is 2.07 bits per heavy atom. The van der Waals surface area contributed by atoms with E-state index >= 15 is 0 Å². The Morgan fingerprint density at radius 1 is 1.43 bits per heavy atom. The fraction of sp³-hybridized carbons (Fsp3) is 0.182. The van der Waals surface area contributed by atoms with Crippen molar-refractivity contribution >= 4 is 12.0 Å². The third-order valence-electron chi connectivity index (χ3n) is 1.72. The second-order valence-corrected chi connectivity index (χ2v) is 2.77. The summed E-state index contributed by atoms with van der Waals surface area (Å²) in [5, 5.41) is 9.01. The Labute approximate surface area is 82.6 Å². The van der Waals surface area contributed by atoms with E-state index in [0.717, 1.165) is 5.56 Å². The average molecular weight is 192 g/mol. The molecule has 0 unspecified atom stereocenters. The van der Waals surface area contributed by atoms with Crippen LogP contribution in [0.15, 0.2) is 30.3 Å². The molecule has 0 aliphatic rings. The van der Waals surface area contributed by atoms with E-state index in [-0.39, 0.29) is 18.1 Å². The molecule has 74 valence electrons. The van der Waals surface area contributed by atoms with E-state index in [1.165, 1.54) is 7.11 Å². The number of esters is 1. The minimum Gasteiger partial charge on any atom is -0.508 e. The maximum atomic E-state index is 10.7. The maximum Gasteiger partial charge on any atom is 0.309 e. The van der Waals surface area contributed by atoms with E-state index in [9.17, 15) is 4.79 Å². The normalized spacial score (nSPS) is 10.4. The lowest BCUT2D eigenvalue weighted by Crippen LogP contribution is -1.96. The predicted molar refractivity (Wildman–Crippen MR) is 53.8 cm³/mol. The topological polar surface area (TPSA) is 46.5 Å². The molecular formula is C11H12O3. The van der Waals surface area contributed by atoms with Crippen molar-refractivity contribution in [3.05, 3.63) is 35.9 Å². The smallest absolute Gasteiger partial charge is 0.309 e. The first-order valence-electron chi connectivity index (χ1n) is 4.25. The maximum absolute atomic E-state index is 10.7. The van der Waals surface area contributed by atoms with Crippen LogP contribution in [0.2, 0.25) is 0 Å². The van der Waals surface area contributed by atoms with Crippen LogP contribution >= 0.6 is 0 Å². The van der Waals surface area contributed by atoms with Gasteiger partial charge < -0.3 is 9.84 Å². The summed E-state index contributed by atoms with van der Waals surface area (Å²) in [4.78, 5) is 10.7. The van der Waals surface area contributed by atoms with Crippen LogP contribution in [0.3, 0.4) is 0 Å². The third-order valence-corrected chi connectivity index (χ3v) is 1.72. The molecular weight excluding hydrogens is 180 g/mol. The lowest BCUT2D eigenvalue weighted by molar-refractivity contribution is -0.139. The molecule has 0 atom stereocenters. The highest BCUT2D eigenvalue weighted by atomic mass is 16.5. The number of phenolic OH excluding ortho intramolecular Hbond substituents is 1. The molecule has 0 amide bonds. The van der Waals surface area contributed by atoms with Crippen molar-refractivity contribution in [3.63, 3.8) is 0 Å². The zero-order chi connectivity index (χ0) is 10.4. The van der Waals surface area contributed by atoms with Gasteiger partial charge in [-0.2, -0.15) is 0 Å². The van der Waals surface area contributed by atoms with Gasteiger partial charge in [0.25, 0.3) is 0 Å². The van der Waals surface area contributed by atoms with E-state index in [2.05, 4.69) is 4.74 Å². The molecule has 0 aliphatic carbocycles. The van der Waals surface area contributed by atoms with Gasteiger partial charge in [-0.3, -0.25) is 4.79 Å². The van der Waals surface area contributed by atoms with Crippen molar-refractivity contribution in [2.75, 3.05) is 7.11 Å². The standard InChI is InChI=1S/C11H12O3/c1-14-11(13)4-2-3-9-5-7-10(12)8-6-9/h2-3,5-8,12H,4H2,1H3. The van der Waals surface area contributed by atoms with Crippen molar-refractivity contribution in [2.24, 2.45) is 0 Å². The van der Waals surface area contributed by atoms with Crippen molar-refractivity contribution in [1.82, 2.24) is 0 Å². The number of methoxy groups -OCH3 is 1. The molecule has 1 aromatic carbocycles. The number of hydrogen-bond donors (Lipinski definition) is 1. The van der Waals surface area contributed by atoms with E-state index < -0.39 is 0 Å². The molecule has 0 heterocycles. The van der Waals surface area contributed by atoms with Crippen molar-refractivity contribution < 1.29 is 14.6 Å². The van der Waals surface area contributed by atoms with Gasteiger partial charge in [0.15, 0.2) is 0 Å². The van der Waals surface area contributed by atoms with Gasteiger partial charge >= 0.3 is 5.97 Å². The van der Waals surface area contributed by atoms with Crippen LogP contribution in [0.1, 0.15) is 12.0 Å². The van der Waals surface area contributed by atoms with E-state index in [4.69, 9.17) is 5.11 Å². The lowest BCUT2D eigenvalue weighted by Gasteiger charge is -1.94. The summed E-state index contributed by atoms with van der Waals surface area (Å²) in [6.45, 7) is 0. The first kappa shape index (κ1) is 10.3. The largest absolute Gasteiger partial charge is 0.508 e. The summed E-state index contributed by atoms with van der Waals surface area (Å²) < 4.78 is 4.48. The SMILES string of the molecule is COC(=O)CC=Cc1ccc(O)cc1. The summed E-state index contributed by atoms with van der Waals surface area (Å²) >= 11 is 0. The molecule has 3 heteroatoms. The fourth-order valence-electron chi connectivity index (χ4n) is 0.960. The van der Waals surface area contributed by atoms with E-state index in [1.807, 2.05) is 0 Å². The second kappa shape index (κ2) is 5.07. The molecule has 1 aromatic rings. The monoisotopic (exact) mass is 192 g/mol. The van der Waals surface area contributed by atoms with Crippen LogP contribution in [0.25, 0.3) is 6.08 Å². The molecule has 0 bridgehead atoms. The number of carbonyl (C=O) groups is 1. The molecule has 3 nitrogen and oxygen atoms in total. The lowest BCUT2D eigenvalue weighted by atomic mass is 10.2. The van der Waals surface area contributed by atoms with Gasteiger partial charge in [0.2, 0.25) is 0 Å². The van der Waals surface area contributed by atoms with Crippen LogP contribution in [0.4, 0.5) is 0 Å². The van der Waals surface area contributed by atoms with Gasteiger partial charge in [-0.25, -0.2) is 0 Å². The Morgan fingerprint density at radius 3 is 2.64 bits per heavy atom. The quantitative estimate of drug-likeness (QED) is 0.745. The highest BCUT2D eigenvalue weighted by Crippen LogP contribution is 2.10. The molecule has 1 rings (SSSR count). The molecule has 0 spiro atoms. The number of phenols is 1. The molecule has 0 saturated carbocycles. The van der Waals surface area contributed by atoms with E-state index in [1.54, 1.807) is 36.4 Å². The highest BCUT2D eigenvalue weighted by Gasteiger charge is 1.94. The summed E-state index contributed by atoms with van der Waals surface area (Å²) in [5.74, 6) is -0.0323. The zero-order valence-corrected chi connectivity index (χ0v) is 7.93.